The molecule has 3 aromatic rings. The van der Waals surface area contributed by atoms with Crippen molar-refractivity contribution in [2.45, 2.75) is 6.54 Å². The highest BCUT2D eigenvalue weighted by Crippen LogP contribution is 2.21. The molecule has 27 heavy (non-hydrogen) atoms. The van der Waals surface area contributed by atoms with Gasteiger partial charge in [-0.25, -0.2) is 4.39 Å². The molecule has 0 aliphatic carbocycles. The third-order valence-electron chi connectivity index (χ3n) is 4.74. The molecule has 6 heteroatoms. The van der Waals surface area contributed by atoms with E-state index in [1.54, 1.807) is 23.1 Å². The Morgan fingerprint density at radius 3 is 2.52 bits per heavy atom. The number of carbonyl (C=O) groups is 1. The summed E-state index contributed by atoms with van der Waals surface area (Å²) in [6.45, 7) is 3.39. The van der Waals surface area contributed by atoms with E-state index < -0.39 is 0 Å². The molecule has 0 bridgehead atoms. The topological polar surface area (TPSA) is 49.6 Å². The molecule has 4 rings (SSSR count). The lowest BCUT2D eigenvalue weighted by atomic mass is 10.1. The first-order valence-corrected chi connectivity index (χ1v) is 8.97. The van der Waals surface area contributed by atoms with E-state index in [2.05, 4.69) is 10.1 Å². The minimum Gasteiger partial charge on any atom is -0.355 e. The molecule has 2 aromatic carbocycles. The van der Waals surface area contributed by atoms with Gasteiger partial charge in [0.25, 0.3) is 5.91 Å². The van der Waals surface area contributed by atoms with E-state index in [0.29, 0.717) is 31.1 Å². The highest BCUT2D eigenvalue weighted by Gasteiger charge is 2.24. The predicted octanol–water partition coefficient (Wildman–Crippen LogP) is 3.44. The predicted molar refractivity (Wildman–Crippen MR) is 99.5 cm³/mol. The normalized spacial score (nSPS) is 15.1. The van der Waals surface area contributed by atoms with Gasteiger partial charge < -0.3 is 9.42 Å². The third-order valence-corrected chi connectivity index (χ3v) is 4.74. The molecule has 1 saturated heterocycles. The van der Waals surface area contributed by atoms with Gasteiger partial charge in [0, 0.05) is 44.4 Å². The van der Waals surface area contributed by atoms with Gasteiger partial charge in [0.2, 0.25) is 0 Å². The van der Waals surface area contributed by atoms with Gasteiger partial charge in [-0.3, -0.25) is 9.69 Å². The number of carbonyl (C=O) groups excluding carboxylic acids is 1. The number of benzene rings is 2. The first kappa shape index (κ1) is 17.4. The van der Waals surface area contributed by atoms with E-state index in [1.807, 2.05) is 36.4 Å². The standard InChI is InChI=1S/C21H20FN3O2/c22-18-8-4-5-16(13-18)15-24-9-11-25(12-10-24)21(26)19-14-20(27-23-19)17-6-2-1-3-7-17/h1-8,13-14H,9-12,15H2. The second kappa shape index (κ2) is 7.72. The van der Waals surface area contributed by atoms with Crippen LogP contribution < -0.4 is 0 Å². The first-order valence-electron chi connectivity index (χ1n) is 8.97. The van der Waals surface area contributed by atoms with Crippen LogP contribution in [0, 0.1) is 5.82 Å². The van der Waals surface area contributed by atoms with E-state index in [4.69, 9.17) is 4.52 Å². The second-order valence-corrected chi connectivity index (χ2v) is 6.64. The Kier molecular flexibility index (Phi) is 4.98. The number of piperazine rings is 1. The zero-order valence-corrected chi connectivity index (χ0v) is 14.8. The van der Waals surface area contributed by atoms with Crippen molar-refractivity contribution in [3.63, 3.8) is 0 Å². The number of rotatable bonds is 4. The van der Waals surface area contributed by atoms with Crippen LogP contribution in [-0.2, 0) is 6.54 Å². The highest BCUT2D eigenvalue weighted by atomic mass is 19.1. The Hall–Kier alpha value is -2.99. The van der Waals surface area contributed by atoms with Gasteiger partial charge in [0.15, 0.2) is 11.5 Å². The molecule has 0 N–H and O–H groups in total. The minimum atomic E-state index is -0.221. The van der Waals surface area contributed by atoms with Crippen molar-refractivity contribution in [2.24, 2.45) is 0 Å². The Morgan fingerprint density at radius 2 is 1.78 bits per heavy atom. The molecule has 1 aliphatic heterocycles. The lowest BCUT2D eigenvalue weighted by Gasteiger charge is -2.34. The molecule has 1 aliphatic rings. The van der Waals surface area contributed by atoms with E-state index in [0.717, 1.165) is 24.2 Å². The quantitative estimate of drug-likeness (QED) is 0.711. The van der Waals surface area contributed by atoms with Gasteiger partial charge in [-0.2, -0.15) is 0 Å². The molecule has 0 saturated carbocycles. The summed E-state index contributed by atoms with van der Waals surface area (Å²) < 4.78 is 18.6. The summed E-state index contributed by atoms with van der Waals surface area (Å²) in [5.41, 5.74) is 2.16. The molecule has 2 heterocycles. The molecule has 1 aromatic heterocycles. The van der Waals surface area contributed by atoms with Gasteiger partial charge in [-0.1, -0.05) is 47.6 Å². The van der Waals surface area contributed by atoms with Crippen LogP contribution in [-0.4, -0.2) is 47.0 Å². The fourth-order valence-corrected chi connectivity index (χ4v) is 3.28. The lowest BCUT2D eigenvalue weighted by Crippen LogP contribution is -2.48. The Labute approximate surface area is 157 Å². The van der Waals surface area contributed by atoms with Gasteiger partial charge in [0.1, 0.15) is 5.82 Å². The van der Waals surface area contributed by atoms with Crippen molar-refractivity contribution in [3.05, 3.63) is 77.7 Å². The van der Waals surface area contributed by atoms with Crippen molar-refractivity contribution in [3.8, 4) is 11.3 Å². The molecular formula is C21H20FN3O2. The zero-order valence-electron chi connectivity index (χ0n) is 14.8. The average molecular weight is 365 g/mol. The van der Waals surface area contributed by atoms with Crippen LogP contribution in [0.25, 0.3) is 11.3 Å². The van der Waals surface area contributed by atoms with Gasteiger partial charge in [0.05, 0.1) is 0 Å². The summed E-state index contributed by atoms with van der Waals surface area (Å²) in [5.74, 6) is 0.247. The van der Waals surface area contributed by atoms with Crippen molar-refractivity contribution in [1.29, 1.82) is 0 Å². The van der Waals surface area contributed by atoms with Crippen LogP contribution >= 0.6 is 0 Å². The summed E-state index contributed by atoms with van der Waals surface area (Å²) >= 11 is 0. The van der Waals surface area contributed by atoms with E-state index in [9.17, 15) is 9.18 Å². The fourth-order valence-electron chi connectivity index (χ4n) is 3.28. The minimum absolute atomic E-state index is 0.119. The highest BCUT2D eigenvalue weighted by molar-refractivity contribution is 5.93. The summed E-state index contributed by atoms with van der Waals surface area (Å²) in [5, 5.41) is 3.94. The Morgan fingerprint density at radius 1 is 1.00 bits per heavy atom. The zero-order chi connectivity index (χ0) is 18.6. The van der Waals surface area contributed by atoms with Crippen molar-refractivity contribution >= 4 is 5.91 Å². The van der Waals surface area contributed by atoms with Gasteiger partial charge in [-0.05, 0) is 17.7 Å². The lowest BCUT2D eigenvalue weighted by molar-refractivity contribution is 0.0618. The van der Waals surface area contributed by atoms with Gasteiger partial charge >= 0.3 is 0 Å². The summed E-state index contributed by atoms with van der Waals surface area (Å²) in [6, 6.07) is 17.9. The number of hydrogen-bond donors (Lipinski definition) is 0. The Balaban J connectivity index is 1.35. The van der Waals surface area contributed by atoms with Crippen LogP contribution in [0.4, 0.5) is 4.39 Å². The molecule has 0 spiro atoms. The maximum absolute atomic E-state index is 13.3. The fraction of sp³-hybridized carbons (Fsp3) is 0.238. The Bertz CT molecular complexity index is 918. The van der Waals surface area contributed by atoms with Crippen LogP contribution in [0.15, 0.2) is 65.2 Å². The number of nitrogens with zero attached hydrogens (tertiary/aromatic N) is 3. The second-order valence-electron chi connectivity index (χ2n) is 6.64. The van der Waals surface area contributed by atoms with E-state index >= 15 is 0 Å². The van der Waals surface area contributed by atoms with Gasteiger partial charge in [-0.15, -0.1) is 0 Å². The van der Waals surface area contributed by atoms with E-state index in [1.165, 1.54) is 6.07 Å². The number of hydrogen-bond acceptors (Lipinski definition) is 4. The third kappa shape index (κ3) is 4.06. The molecule has 5 nitrogen and oxygen atoms in total. The SMILES string of the molecule is O=C(c1cc(-c2ccccc2)on1)N1CCN(Cc2cccc(F)c2)CC1. The number of aromatic nitrogens is 1. The first-order chi connectivity index (χ1) is 13.2. The molecule has 0 atom stereocenters. The summed E-state index contributed by atoms with van der Waals surface area (Å²) in [6.07, 6.45) is 0. The van der Waals surface area contributed by atoms with Crippen LogP contribution in [0.2, 0.25) is 0 Å². The smallest absolute Gasteiger partial charge is 0.276 e. The van der Waals surface area contributed by atoms with Crippen molar-refractivity contribution in [2.75, 3.05) is 26.2 Å². The maximum Gasteiger partial charge on any atom is 0.276 e. The average Bonchev–Trinajstić information content (AvgIpc) is 3.19. The molecule has 0 radical (unpaired) electrons. The van der Waals surface area contributed by atoms with Crippen molar-refractivity contribution < 1.29 is 13.7 Å². The maximum atomic E-state index is 13.3. The molecule has 0 unspecified atom stereocenters. The van der Waals surface area contributed by atoms with E-state index in [-0.39, 0.29) is 11.7 Å². The molecule has 1 amide bonds. The van der Waals surface area contributed by atoms with Crippen LogP contribution in [0.5, 0.6) is 0 Å². The van der Waals surface area contributed by atoms with Crippen LogP contribution in [0.1, 0.15) is 16.1 Å². The van der Waals surface area contributed by atoms with Crippen LogP contribution in [0.3, 0.4) is 0 Å². The number of amides is 1. The monoisotopic (exact) mass is 365 g/mol. The summed E-state index contributed by atoms with van der Waals surface area (Å²) in [7, 11) is 0. The van der Waals surface area contributed by atoms with Crippen molar-refractivity contribution in [1.82, 2.24) is 15.0 Å². The number of halogens is 1. The summed E-state index contributed by atoms with van der Waals surface area (Å²) in [4.78, 5) is 16.7. The molecule has 1 fully saturated rings. The largest absolute Gasteiger partial charge is 0.355 e. The molecular weight excluding hydrogens is 345 g/mol. The molecule has 138 valence electrons.